The van der Waals surface area contributed by atoms with Crippen LogP contribution in [0.1, 0.15) is 32.3 Å². The van der Waals surface area contributed by atoms with Gasteiger partial charge in [-0.05, 0) is 30.0 Å². The summed E-state index contributed by atoms with van der Waals surface area (Å²) in [6.07, 6.45) is -0.0267. The van der Waals surface area contributed by atoms with Gasteiger partial charge in [-0.25, -0.2) is 4.79 Å². The van der Waals surface area contributed by atoms with E-state index in [0.29, 0.717) is 5.56 Å². The smallest absolute Gasteiger partial charge is 0.326 e. The number of nitrogens with two attached hydrogens (primary N) is 2. The number of primary amides is 1. The summed E-state index contributed by atoms with van der Waals surface area (Å²) in [5, 5.41) is 23.6. The lowest BCUT2D eigenvalue weighted by Gasteiger charge is -2.24. The predicted molar refractivity (Wildman–Crippen MR) is 105 cm³/mol. The molecule has 0 aliphatic rings. The number of carboxylic acid groups (broad SMARTS) is 1. The minimum absolute atomic E-state index is 0.0124. The Balaban J connectivity index is 2.96. The van der Waals surface area contributed by atoms with E-state index in [1.807, 2.05) is 0 Å². The second-order valence-corrected chi connectivity index (χ2v) is 7.11. The number of hydrogen-bond donors (Lipinski definition) is 6. The Hall–Kier alpha value is -3.14. The molecule has 1 rings (SSSR count). The van der Waals surface area contributed by atoms with Crippen molar-refractivity contribution in [3.63, 3.8) is 0 Å². The summed E-state index contributed by atoms with van der Waals surface area (Å²) in [5.41, 5.74) is 11.4. The van der Waals surface area contributed by atoms with Gasteiger partial charge < -0.3 is 32.3 Å². The Kier molecular flexibility index (Phi) is 9.07. The number of phenols is 1. The van der Waals surface area contributed by atoms with Crippen molar-refractivity contribution < 1.29 is 29.4 Å². The molecule has 0 aliphatic heterocycles. The van der Waals surface area contributed by atoms with Crippen LogP contribution in [0.5, 0.6) is 5.75 Å². The number of benzene rings is 1. The molecular formula is C19H28N4O6. The Labute approximate surface area is 168 Å². The summed E-state index contributed by atoms with van der Waals surface area (Å²) < 4.78 is 0. The molecule has 0 radical (unpaired) electrons. The molecule has 0 saturated carbocycles. The number of carbonyl (C=O) groups excluding carboxylic acids is 3. The topological polar surface area (TPSA) is 185 Å². The van der Waals surface area contributed by atoms with E-state index in [1.165, 1.54) is 12.1 Å². The van der Waals surface area contributed by atoms with Gasteiger partial charge >= 0.3 is 5.97 Å². The van der Waals surface area contributed by atoms with E-state index >= 15 is 0 Å². The van der Waals surface area contributed by atoms with Gasteiger partial charge in [-0.1, -0.05) is 26.0 Å². The molecule has 3 amide bonds. The van der Waals surface area contributed by atoms with Crippen molar-refractivity contribution in [2.45, 2.75) is 51.2 Å². The zero-order valence-electron chi connectivity index (χ0n) is 16.4. The molecule has 3 unspecified atom stereocenters. The first kappa shape index (κ1) is 23.9. The van der Waals surface area contributed by atoms with Crippen molar-refractivity contribution in [1.82, 2.24) is 10.6 Å². The molecule has 0 saturated heterocycles. The fourth-order valence-electron chi connectivity index (χ4n) is 2.55. The number of nitrogens with one attached hydrogen (secondary N) is 2. The summed E-state index contributed by atoms with van der Waals surface area (Å²) in [4.78, 5) is 47.3. The maximum Gasteiger partial charge on any atom is 0.326 e. The number of aromatic hydroxyl groups is 1. The van der Waals surface area contributed by atoms with Crippen molar-refractivity contribution >= 4 is 23.7 Å². The molecule has 8 N–H and O–H groups in total. The average molecular weight is 408 g/mol. The largest absolute Gasteiger partial charge is 0.508 e. The second-order valence-electron chi connectivity index (χ2n) is 7.11. The monoisotopic (exact) mass is 408 g/mol. The number of rotatable bonds is 11. The maximum atomic E-state index is 12.7. The van der Waals surface area contributed by atoms with Crippen LogP contribution in [-0.2, 0) is 25.6 Å². The number of phenolic OH excluding ortho intramolecular Hbond substituents is 1. The van der Waals surface area contributed by atoms with Crippen LogP contribution in [0.25, 0.3) is 0 Å². The lowest BCUT2D eigenvalue weighted by molar-refractivity contribution is -0.143. The molecule has 29 heavy (non-hydrogen) atoms. The molecule has 10 heteroatoms. The normalized spacial score (nSPS) is 13.9. The molecule has 0 heterocycles. The van der Waals surface area contributed by atoms with E-state index in [-0.39, 0.29) is 30.9 Å². The van der Waals surface area contributed by atoms with Crippen molar-refractivity contribution in [2.24, 2.45) is 17.4 Å². The molecule has 0 spiro atoms. The summed E-state index contributed by atoms with van der Waals surface area (Å²) in [6.45, 7) is 3.29. The minimum Gasteiger partial charge on any atom is -0.508 e. The van der Waals surface area contributed by atoms with Gasteiger partial charge in [0.2, 0.25) is 17.7 Å². The van der Waals surface area contributed by atoms with E-state index in [0.717, 1.165) is 0 Å². The lowest BCUT2D eigenvalue weighted by Crippen LogP contribution is -2.56. The highest BCUT2D eigenvalue weighted by atomic mass is 16.4. The van der Waals surface area contributed by atoms with Gasteiger partial charge in [-0.3, -0.25) is 14.4 Å². The van der Waals surface area contributed by atoms with Crippen molar-refractivity contribution in [3.8, 4) is 5.75 Å². The molecule has 0 aromatic heterocycles. The molecular weight excluding hydrogens is 380 g/mol. The first-order chi connectivity index (χ1) is 13.5. The first-order valence-electron chi connectivity index (χ1n) is 9.16. The van der Waals surface area contributed by atoms with Crippen molar-refractivity contribution in [2.75, 3.05) is 0 Å². The van der Waals surface area contributed by atoms with E-state index < -0.39 is 41.8 Å². The molecule has 0 bridgehead atoms. The number of hydrogen-bond acceptors (Lipinski definition) is 6. The van der Waals surface area contributed by atoms with E-state index in [4.69, 9.17) is 11.5 Å². The summed E-state index contributed by atoms with van der Waals surface area (Å²) >= 11 is 0. The van der Waals surface area contributed by atoms with Gasteiger partial charge in [0.1, 0.15) is 17.8 Å². The van der Waals surface area contributed by atoms with Crippen LogP contribution < -0.4 is 22.1 Å². The molecule has 1 aromatic rings. The number of carbonyl (C=O) groups is 4. The molecule has 160 valence electrons. The van der Waals surface area contributed by atoms with E-state index in [1.54, 1.807) is 26.0 Å². The molecule has 0 fully saturated rings. The predicted octanol–water partition coefficient (Wildman–Crippen LogP) is -0.762. The van der Waals surface area contributed by atoms with Gasteiger partial charge in [0.05, 0.1) is 6.04 Å². The molecule has 1 aromatic carbocycles. The van der Waals surface area contributed by atoms with Crippen LogP contribution in [0.2, 0.25) is 0 Å². The fourth-order valence-corrected chi connectivity index (χ4v) is 2.55. The molecule has 0 aliphatic carbocycles. The second kappa shape index (κ2) is 11.0. The standard InChI is InChI=1S/C19H28N4O6/c1-10(2)16(19(28)29)23-18(27)14(9-11-3-5-12(24)6-4-11)22-17(26)13(20)7-8-15(21)25/h3-6,10,13-14,16,24H,7-9,20H2,1-2H3,(H2,21,25)(H,22,26)(H,23,27)(H,28,29). The third-order valence-electron chi connectivity index (χ3n) is 4.28. The Bertz CT molecular complexity index is 735. The fraction of sp³-hybridized carbons (Fsp3) is 0.474. The van der Waals surface area contributed by atoms with Gasteiger partial charge in [-0.2, -0.15) is 0 Å². The zero-order chi connectivity index (χ0) is 22.1. The molecule has 10 nitrogen and oxygen atoms in total. The van der Waals surface area contributed by atoms with Gasteiger partial charge in [-0.15, -0.1) is 0 Å². The minimum atomic E-state index is -1.19. The van der Waals surface area contributed by atoms with Crippen LogP contribution in [0.3, 0.4) is 0 Å². The van der Waals surface area contributed by atoms with Crippen LogP contribution in [0.4, 0.5) is 0 Å². The summed E-state index contributed by atoms with van der Waals surface area (Å²) in [6, 6.07) is 2.71. The quantitative estimate of drug-likeness (QED) is 0.278. The van der Waals surface area contributed by atoms with Crippen molar-refractivity contribution in [3.05, 3.63) is 29.8 Å². The average Bonchev–Trinajstić information content (AvgIpc) is 2.64. The Morgan fingerprint density at radius 3 is 2.10 bits per heavy atom. The van der Waals surface area contributed by atoms with Gasteiger partial charge in [0, 0.05) is 12.8 Å². The zero-order valence-corrected chi connectivity index (χ0v) is 16.4. The van der Waals surface area contributed by atoms with Crippen LogP contribution >= 0.6 is 0 Å². The lowest BCUT2D eigenvalue weighted by atomic mass is 10.0. The Morgan fingerprint density at radius 2 is 1.62 bits per heavy atom. The van der Waals surface area contributed by atoms with Gasteiger partial charge in [0.25, 0.3) is 0 Å². The van der Waals surface area contributed by atoms with E-state index in [2.05, 4.69) is 10.6 Å². The molecule has 3 atom stereocenters. The maximum absolute atomic E-state index is 12.7. The highest BCUT2D eigenvalue weighted by Gasteiger charge is 2.29. The highest BCUT2D eigenvalue weighted by Crippen LogP contribution is 2.12. The van der Waals surface area contributed by atoms with Crippen molar-refractivity contribution in [1.29, 1.82) is 0 Å². The SMILES string of the molecule is CC(C)C(NC(=O)C(Cc1ccc(O)cc1)NC(=O)C(N)CCC(N)=O)C(=O)O. The summed E-state index contributed by atoms with van der Waals surface area (Å²) in [5.74, 6) is -3.48. The Morgan fingerprint density at radius 1 is 1.03 bits per heavy atom. The third kappa shape index (κ3) is 8.18. The number of amides is 3. The van der Waals surface area contributed by atoms with Crippen LogP contribution in [-0.4, -0.2) is 52.0 Å². The van der Waals surface area contributed by atoms with E-state index in [9.17, 15) is 29.4 Å². The van der Waals surface area contributed by atoms with Gasteiger partial charge in [0.15, 0.2) is 0 Å². The third-order valence-corrected chi connectivity index (χ3v) is 4.28. The highest BCUT2D eigenvalue weighted by molar-refractivity contribution is 5.92. The number of aliphatic carboxylic acids is 1. The summed E-state index contributed by atoms with van der Waals surface area (Å²) in [7, 11) is 0. The van der Waals surface area contributed by atoms with Crippen LogP contribution in [0.15, 0.2) is 24.3 Å². The van der Waals surface area contributed by atoms with Crippen LogP contribution in [0, 0.1) is 5.92 Å². The number of carboxylic acids is 1. The first-order valence-corrected chi connectivity index (χ1v) is 9.16.